The summed E-state index contributed by atoms with van der Waals surface area (Å²) in [6.07, 6.45) is 1.69. The number of carbonyl (C=O) groups excluding carboxylic acids is 2. The molecule has 0 atom stereocenters. The second-order valence-corrected chi connectivity index (χ2v) is 5.99. The second-order valence-electron chi connectivity index (χ2n) is 5.55. The number of amides is 2. The van der Waals surface area contributed by atoms with Crippen LogP contribution in [0.1, 0.15) is 13.3 Å². The van der Waals surface area contributed by atoms with E-state index in [-0.39, 0.29) is 18.2 Å². The van der Waals surface area contributed by atoms with Crippen molar-refractivity contribution in [1.29, 1.82) is 0 Å². The number of rotatable bonds is 5. The summed E-state index contributed by atoms with van der Waals surface area (Å²) in [6, 6.07) is 13.9. The van der Waals surface area contributed by atoms with Gasteiger partial charge in [-0.3, -0.25) is 15.0 Å². The van der Waals surface area contributed by atoms with Crippen LogP contribution in [0.15, 0.2) is 60.3 Å². The minimum absolute atomic E-state index is 0.127. The number of nitrogens with one attached hydrogen (secondary N) is 2. The largest absolute Gasteiger partial charge is 0.494 e. The predicted molar refractivity (Wildman–Crippen MR) is 101 cm³/mol. The molecule has 2 aromatic rings. The molecule has 2 amide bonds. The Morgan fingerprint density at radius 3 is 2.54 bits per heavy atom. The maximum atomic E-state index is 12.5. The van der Waals surface area contributed by atoms with Gasteiger partial charge in [0.05, 0.1) is 12.3 Å². The van der Waals surface area contributed by atoms with Gasteiger partial charge in [-0.1, -0.05) is 11.6 Å². The Kier molecular flexibility index (Phi) is 5.43. The van der Waals surface area contributed by atoms with Crippen molar-refractivity contribution in [1.82, 2.24) is 5.43 Å². The normalized spacial score (nSPS) is 13.7. The lowest BCUT2D eigenvalue weighted by Gasteiger charge is -2.28. The molecule has 3 rings (SSSR count). The Labute approximate surface area is 156 Å². The number of hydrogen-bond acceptors (Lipinski definition) is 4. The van der Waals surface area contributed by atoms with Gasteiger partial charge in [-0.2, -0.15) is 0 Å². The Morgan fingerprint density at radius 1 is 1.19 bits per heavy atom. The molecule has 0 fully saturated rings. The van der Waals surface area contributed by atoms with Crippen LogP contribution in [-0.4, -0.2) is 18.4 Å². The van der Waals surface area contributed by atoms with Crippen LogP contribution in [0.2, 0.25) is 5.02 Å². The van der Waals surface area contributed by atoms with Gasteiger partial charge in [0.2, 0.25) is 5.91 Å². The third kappa shape index (κ3) is 4.15. The van der Waals surface area contributed by atoms with E-state index in [0.29, 0.717) is 28.7 Å². The lowest BCUT2D eigenvalue weighted by Crippen LogP contribution is -2.47. The summed E-state index contributed by atoms with van der Waals surface area (Å²) in [7, 11) is 0. The molecule has 0 bridgehead atoms. The summed E-state index contributed by atoms with van der Waals surface area (Å²) in [5, 5.41) is 4.70. The summed E-state index contributed by atoms with van der Waals surface area (Å²) < 4.78 is 5.38. The van der Waals surface area contributed by atoms with Gasteiger partial charge in [0, 0.05) is 17.1 Å². The van der Waals surface area contributed by atoms with E-state index < -0.39 is 0 Å². The molecule has 134 valence electrons. The van der Waals surface area contributed by atoms with Gasteiger partial charge in [-0.05, 0) is 61.5 Å². The minimum atomic E-state index is -0.333. The van der Waals surface area contributed by atoms with Gasteiger partial charge < -0.3 is 10.1 Å². The lowest BCUT2D eigenvalue weighted by atomic mass is 10.2. The number of benzene rings is 2. The summed E-state index contributed by atoms with van der Waals surface area (Å²) in [5.74, 6) is 0.241. The first-order chi connectivity index (χ1) is 12.6. The molecule has 26 heavy (non-hydrogen) atoms. The molecule has 6 nitrogen and oxygen atoms in total. The van der Waals surface area contributed by atoms with Crippen molar-refractivity contribution in [3.8, 4) is 5.75 Å². The molecule has 2 N–H and O–H groups in total. The van der Waals surface area contributed by atoms with Gasteiger partial charge in [0.15, 0.2) is 0 Å². The summed E-state index contributed by atoms with van der Waals surface area (Å²) in [5.41, 5.74) is 4.40. The van der Waals surface area contributed by atoms with Crippen molar-refractivity contribution in [2.45, 2.75) is 13.3 Å². The maximum Gasteiger partial charge on any atom is 0.273 e. The van der Waals surface area contributed by atoms with E-state index in [0.717, 1.165) is 5.75 Å². The van der Waals surface area contributed by atoms with Crippen molar-refractivity contribution in [2.75, 3.05) is 16.9 Å². The Bertz CT molecular complexity index is 832. The third-order valence-corrected chi connectivity index (χ3v) is 3.97. The Balaban J connectivity index is 1.69. The van der Waals surface area contributed by atoms with E-state index >= 15 is 0 Å². The maximum absolute atomic E-state index is 12.5. The molecule has 0 saturated heterocycles. The molecule has 1 aliphatic rings. The smallest absolute Gasteiger partial charge is 0.273 e. The standard InChI is InChI=1S/C19H18ClN3O3/c1-2-26-16-9-5-14(6-10-16)21-19(25)17-11-12-18(24)23(22-17)15-7-3-13(20)4-8-15/h3-11,22H,2,12H2,1H3,(H,21,25). The van der Waals surface area contributed by atoms with Gasteiger partial charge in [-0.25, -0.2) is 5.01 Å². The van der Waals surface area contributed by atoms with E-state index in [9.17, 15) is 9.59 Å². The predicted octanol–water partition coefficient (Wildman–Crippen LogP) is 3.50. The van der Waals surface area contributed by atoms with Gasteiger partial charge in [0.25, 0.3) is 5.91 Å². The quantitative estimate of drug-likeness (QED) is 0.843. The van der Waals surface area contributed by atoms with Crippen molar-refractivity contribution in [2.24, 2.45) is 0 Å². The van der Waals surface area contributed by atoms with E-state index in [1.165, 1.54) is 5.01 Å². The van der Waals surface area contributed by atoms with Crippen LogP contribution in [-0.2, 0) is 9.59 Å². The third-order valence-electron chi connectivity index (χ3n) is 3.72. The molecule has 0 spiro atoms. The topological polar surface area (TPSA) is 70.7 Å². The fourth-order valence-electron chi connectivity index (χ4n) is 2.45. The fourth-order valence-corrected chi connectivity index (χ4v) is 2.58. The van der Waals surface area contributed by atoms with Crippen LogP contribution in [0, 0.1) is 0 Å². The Hall–Kier alpha value is -2.99. The molecular weight excluding hydrogens is 354 g/mol. The molecule has 1 aliphatic heterocycles. The highest BCUT2D eigenvalue weighted by atomic mass is 35.5. The van der Waals surface area contributed by atoms with Crippen LogP contribution in [0.25, 0.3) is 0 Å². The van der Waals surface area contributed by atoms with Crippen molar-refractivity contribution in [3.05, 3.63) is 65.3 Å². The van der Waals surface area contributed by atoms with Crippen LogP contribution < -0.4 is 20.5 Å². The average Bonchev–Trinajstić information content (AvgIpc) is 2.65. The van der Waals surface area contributed by atoms with Crippen LogP contribution >= 0.6 is 11.6 Å². The van der Waals surface area contributed by atoms with Gasteiger partial charge in [0.1, 0.15) is 11.4 Å². The first-order valence-electron chi connectivity index (χ1n) is 8.16. The van der Waals surface area contributed by atoms with E-state index in [4.69, 9.17) is 16.3 Å². The first kappa shape index (κ1) is 17.8. The molecule has 2 aromatic carbocycles. The summed E-state index contributed by atoms with van der Waals surface area (Å²) >= 11 is 5.88. The number of hydrogen-bond donors (Lipinski definition) is 2. The second kappa shape index (κ2) is 7.93. The number of ether oxygens (including phenoxy) is 1. The van der Waals surface area contributed by atoms with E-state index in [1.807, 2.05) is 6.92 Å². The molecule has 7 heteroatoms. The van der Waals surface area contributed by atoms with Gasteiger partial charge >= 0.3 is 0 Å². The highest BCUT2D eigenvalue weighted by Crippen LogP contribution is 2.21. The highest BCUT2D eigenvalue weighted by Gasteiger charge is 2.24. The van der Waals surface area contributed by atoms with Crippen LogP contribution in [0.3, 0.4) is 0 Å². The van der Waals surface area contributed by atoms with E-state index in [2.05, 4.69) is 10.7 Å². The zero-order chi connectivity index (χ0) is 18.5. The van der Waals surface area contributed by atoms with Gasteiger partial charge in [-0.15, -0.1) is 0 Å². The number of hydrazine groups is 1. The average molecular weight is 372 g/mol. The first-order valence-corrected chi connectivity index (χ1v) is 8.54. The number of carbonyl (C=O) groups is 2. The monoisotopic (exact) mass is 371 g/mol. The number of anilines is 2. The van der Waals surface area contributed by atoms with Crippen LogP contribution in [0.4, 0.5) is 11.4 Å². The lowest BCUT2D eigenvalue weighted by molar-refractivity contribution is -0.119. The molecule has 0 radical (unpaired) electrons. The molecule has 0 aromatic heterocycles. The zero-order valence-corrected chi connectivity index (χ0v) is 14.9. The highest BCUT2D eigenvalue weighted by molar-refractivity contribution is 6.30. The summed E-state index contributed by atoms with van der Waals surface area (Å²) in [4.78, 5) is 24.6. The zero-order valence-electron chi connectivity index (χ0n) is 14.2. The van der Waals surface area contributed by atoms with Crippen molar-refractivity contribution < 1.29 is 14.3 Å². The van der Waals surface area contributed by atoms with Crippen molar-refractivity contribution in [3.63, 3.8) is 0 Å². The van der Waals surface area contributed by atoms with E-state index in [1.54, 1.807) is 54.6 Å². The minimum Gasteiger partial charge on any atom is -0.494 e. The molecule has 1 heterocycles. The molecule has 0 unspecified atom stereocenters. The SMILES string of the molecule is CCOc1ccc(NC(=O)C2=CCC(=O)N(c3ccc(Cl)cc3)N2)cc1. The molecule has 0 saturated carbocycles. The Morgan fingerprint density at radius 2 is 1.88 bits per heavy atom. The fraction of sp³-hybridized carbons (Fsp3) is 0.158. The summed E-state index contributed by atoms with van der Waals surface area (Å²) in [6.45, 7) is 2.49. The molecule has 0 aliphatic carbocycles. The van der Waals surface area contributed by atoms with Crippen molar-refractivity contribution >= 4 is 34.8 Å². The molecular formula is C19H18ClN3O3. The number of halogens is 1. The number of nitrogens with zero attached hydrogens (tertiary/aromatic N) is 1. The van der Waals surface area contributed by atoms with Crippen LogP contribution in [0.5, 0.6) is 5.75 Å².